The van der Waals surface area contributed by atoms with E-state index in [0.717, 1.165) is 11.0 Å². The van der Waals surface area contributed by atoms with Crippen molar-refractivity contribution in [1.29, 1.82) is 0 Å². The number of nitrogens with zero attached hydrogens (tertiary/aromatic N) is 4. The number of aromatic nitrogens is 4. The second-order valence-corrected chi connectivity index (χ2v) is 4.51. The third kappa shape index (κ3) is 2.11. The fraction of sp³-hybridized carbons (Fsp3) is 0.143. The van der Waals surface area contributed by atoms with Gasteiger partial charge in [-0.2, -0.15) is 0 Å². The van der Waals surface area contributed by atoms with E-state index in [4.69, 9.17) is 5.73 Å². The molecule has 0 aliphatic carbocycles. The van der Waals surface area contributed by atoms with E-state index in [0.29, 0.717) is 23.8 Å². The Morgan fingerprint density at radius 1 is 1.20 bits per heavy atom. The molecule has 1 aromatic carbocycles. The van der Waals surface area contributed by atoms with Crippen LogP contribution in [0.2, 0.25) is 0 Å². The van der Waals surface area contributed by atoms with Crippen LogP contribution in [0.25, 0.3) is 11.0 Å². The van der Waals surface area contributed by atoms with E-state index >= 15 is 0 Å². The van der Waals surface area contributed by atoms with Crippen molar-refractivity contribution in [3.05, 3.63) is 58.4 Å². The minimum absolute atomic E-state index is 0.123. The zero-order valence-corrected chi connectivity index (χ0v) is 10.9. The molecule has 0 spiro atoms. The number of rotatable bonds is 2. The molecule has 2 aromatic heterocycles. The first kappa shape index (κ1) is 12.3. The van der Waals surface area contributed by atoms with Crippen LogP contribution in [0.15, 0.2) is 41.5 Å². The maximum Gasteiger partial charge on any atom is 0.272 e. The van der Waals surface area contributed by atoms with E-state index in [9.17, 15) is 4.79 Å². The Bertz CT molecular complexity index is 823. The van der Waals surface area contributed by atoms with Crippen LogP contribution in [0.4, 0.5) is 5.82 Å². The van der Waals surface area contributed by atoms with E-state index in [1.165, 1.54) is 6.20 Å². The molecule has 0 atom stereocenters. The molecule has 0 fully saturated rings. The lowest BCUT2D eigenvalue weighted by molar-refractivity contribution is 0.751. The van der Waals surface area contributed by atoms with E-state index in [1.54, 1.807) is 17.7 Å². The first-order valence-corrected chi connectivity index (χ1v) is 6.18. The van der Waals surface area contributed by atoms with Crippen LogP contribution >= 0.6 is 0 Å². The lowest BCUT2D eigenvalue weighted by Crippen LogP contribution is -2.25. The number of hydrogen-bond donors (Lipinski definition) is 1. The van der Waals surface area contributed by atoms with Gasteiger partial charge in [-0.1, -0.05) is 12.1 Å². The normalized spacial score (nSPS) is 10.8. The molecule has 100 valence electrons. The molecule has 0 bridgehead atoms. The summed E-state index contributed by atoms with van der Waals surface area (Å²) in [5.41, 5.74) is 8.10. The van der Waals surface area contributed by atoms with Gasteiger partial charge >= 0.3 is 0 Å². The molecule has 6 heteroatoms. The average molecular weight is 267 g/mol. The van der Waals surface area contributed by atoms with Gasteiger partial charge in [0.1, 0.15) is 11.5 Å². The van der Waals surface area contributed by atoms with Crippen molar-refractivity contribution in [3.63, 3.8) is 0 Å². The predicted molar refractivity (Wildman–Crippen MR) is 76.3 cm³/mol. The van der Waals surface area contributed by atoms with Crippen molar-refractivity contribution in [3.8, 4) is 0 Å². The molecule has 0 saturated carbocycles. The first-order chi connectivity index (χ1) is 9.65. The van der Waals surface area contributed by atoms with E-state index in [1.807, 2.05) is 24.3 Å². The fourth-order valence-electron chi connectivity index (χ4n) is 2.09. The summed E-state index contributed by atoms with van der Waals surface area (Å²) in [5.74, 6) is 0.358. The van der Waals surface area contributed by atoms with Crippen LogP contribution in [0.3, 0.4) is 0 Å². The minimum atomic E-state index is -0.123. The largest absolute Gasteiger partial charge is 0.382 e. The van der Waals surface area contributed by atoms with E-state index in [-0.39, 0.29) is 5.56 Å². The van der Waals surface area contributed by atoms with Crippen molar-refractivity contribution in [2.75, 3.05) is 5.73 Å². The Hall–Kier alpha value is -2.76. The summed E-state index contributed by atoms with van der Waals surface area (Å²) < 4.78 is 1.65. The number of nitrogen functional groups attached to an aromatic ring is 1. The Kier molecular flexibility index (Phi) is 2.90. The topological polar surface area (TPSA) is 86.7 Å². The SMILES string of the molecule is Cc1nc2ccccc2n(Cc2cnc(N)cn2)c1=O. The monoisotopic (exact) mass is 267 g/mol. The van der Waals surface area contributed by atoms with Crippen LogP contribution < -0.4 is 11.3 Å². The quantitative estimate of drug-likeness (QED) is 0.752. The highest BCUT2D eigenvalue weighted by Crippen LogP contribution is 2.11. The summed E-state index contributed by atoms with van der Waals surface area (Å²) in [6.45, 7) is 2.05. The van der Waals surface area contributed by atoms with Gasteiger partial charge in [0.25, 0.3) is 5.56 Å². The zero-order valence-electron chi connectivity index (χ0n) is 10.9. The molecule has 0 saturated heterocycles. The molecule has 0 unspecified atom stereocenters. The lowest BCUT2D eigenvalue weighted by Gasteiger charge is -2.10. The number of aryl methyl sites for hydroxylation is 1. The Labute approximate surface area is 114 Å². The number of fused-ring (bicyclic) bond motifs is 1. The molecule has 0 amide bonds. The van der Waals surface area contributed by atoms with Crippen LogP contribution in [-0.4, -0.2) is 19.5 Å². The highest BCUT2D eigenvalue weighted by Gasteiger charge is 2.08. The molecule has 20 heavy (non-hydrogen) atoms. The summed E-state index contributed by atoms with van der Waals surface area (Å²) in [7, 11) is 0. The second-order valence-electron chi connectivity index (χ2n) is 4.51. The zero-order chi connectivity index (χ0) is 14.1. The maximum atomic E-state index is 12.3. The standard InChI is InChI=1S/C14H13N5O/c1-9-14(20)19(8-10-6-17-13(15)7-16-10)12-5-3-2-4-11(12)18-9/h2-7H,8H2,1H3,(H2,15,17). The molecule has 0 aliphatic rings. The predicted octanol–water partition coefficient (Wildman–Crippen LogP) is 1.13. The summed E-state index contributed by atoms with van der Waals surface area (Å²) in [5, 5.41) is 0. The fourth-order valence-corrected chi connectivity index (χ4v) is 2.09. The number of anilines is 1. The average Bonchev–Trinajstić information content (AvgIpc) is 2.46. The van der Waals surface area contributed by atoms with Crippen molar-refractivity contribution >= 4 is 16.9 Å². The van der Waals surface area contributed by atoms with E-state index in [2.05, 4.69) is 15.0 Å². The van der Waals surface area contributed by atoms with Gasteiger partial charge in [0.15, 0.2) is 0 Å². The molecular formula is C14H13N5O. The highest BCUT2D eigenvalue weighted by atomic mass is 16.1. The Morgan fingerprint density at radius 3 is 2.75 bits per heavy atom. The van der Waals surface area contributed by atoms with Gasteiger partial charge in [0, 0.05) is 0 Å². The minimum Gasteiger partial charge on any atom is -0.382 e. The molecule has 0 aliphatic heterocycles. The van der Waals surface area contributed by atoms with Crippen LogP contribution in [0, 0.1) is 6.92 Å². The molecule has 3 rings (SSSR count). The number of para-hydroxylation sites is 2. The van der Waals surface area contributed by atoms with Crippen molar-refractivity contribution in [1.82, 2.24) is 19.5 Å². The van der Waals surface area contributed by atoms with Gasteiger partial charge in [-0.25, -0.2) is 9.97 Å². The van der Waals surface area contributed by atoms with Gasteiger partial charge in [-0.15, -0.1) is 0 Å². The molecule has 0 radical (unpaired) electrons. The number of nitrogens with two attached hydrogens (primary N) is 1. The maximum absolute atomic E-state index is 12.3. The van der Waals surface area contributed by atoms with Gasteiger partial charge in [0.2, 0.25) is 0 Å². The molecule has 2 N–H and O–H groups in total. The van der Waals surface area contributed by atoms with Gasteiger partial charge in [-0.3, -0.25) is 14.3 Å². The van der Waals surface area contributed by atoms with E-state index < -0.39 is 0 Å². The summed E-state index contributed by atoms with van der Waals surface area (Å²) in [6, 6.07) is 7.53. The number of benzene rings is 1. The highest BCUT2D eigenvalue weighted by molar-refractivity contribution is 5.74. The summed E-state index contributed by atoms with van der Waals surface area (Å²) in [6.07, 6.45) is 3.06. The van der Waals surface area contributed by atoms with Crippen LogP contribution in [0.5, 0.6) is 0 Å². The first-order valence-electron chi connectivity index (χ1n) is 6.18. The second kappa shape index (κ2) is 4.73. The molecular weight excluding hydrogens is 254 g/mol. The molecule has 2 heterocycles. The van der Waals surface area contributed by atoms with Crippen LogP contribution in [-0.2, 0) is 6.54 Å². The van der Waals surface area contributed by atoms with Crippen molar-refractivity contribution in [2.45, 2.75) is 13.5 Å². The lowest BCUT2D eigenvalue weighted by atomic mass is 10.2. The van der Waals surface area contributed by atoms with Gasteiger partial charge in [0.05, 0.1) is 35.7 Å². The summed E-state index contributed by atoms with van der Waals surface area (Å²) >= 11 is 0. The third-order valence-electron chi connectivity index (χ3n) is 3.06. The van der Waals surface area contributed by atoms with Crippen molar-refractivity contribution in [2.24, 2.45) is 0 Å². The summed E-state index contributed by atoms with van der Waals surface area (Å²) in [4.78, 5) is 24.8. The van der Waals surface area contributed by atoms with Crippen LogP contribution in [0.1, 0.15) is 11.4 Å². The van der Waals surface area contributed by atoms with Gasteiger partial charge < -0.3 is 5.73 Å². The Balaban J connectivity index is 2.17. The Morgan fingerprint density at radius 2 is 2.00 bits per heavy atom. The third-order valence-corrected chi connectivity index (χ3v) is 3.06. The van der Waals surface area contributed by atoms with Crippen molar-refractivity contribution < 1.29 is 0 Å². The molecule has 3 aromatic rings. The number of hydrogen-bond acceptors (Lipinski definition) is 5. The van der Waals surface area contributed by atoms with Gasteiger partial charge in [-0.05, 0) is 19.1 Å². The smallest absolute Gasteiger partial charge is 0.272 e. The molecule has 6 nitrogen and oxygen atoms in total.